The first-order chi connectivity index (χ1) is 8.20. The molecule has 0 amide bonds. The van der Waals surface area contributed by atoms with Gasteiger partial charge in [-0.05, 0) is 34.6 Å². The summed E-state index contributed by atoms with van der Waals surface area (Å²) in [6, 6.07) is 0. The molecule has 1 atom stereocenters. The molecule has 0 saturated carbocycles. The van der Waals surface area contributed by atoms with Crippen molar-refractivity contribution in [1.82, 2.24) is 9.97 Å². The molecule has 0 aliphatic carbocycles. The Morgan fingerprint density at radius 3 is 2.28 bits per heavy atom. The second kappa shape index (κ2) is 4.29. The van der Waals surface area contributed by atoms with Gasteiger partial charge in [0.1, 0.15) is 5.60 Å². The molecule has 0 radical (unpaired) electrons. The van der Waals surface area contributed by atoms with Crippen LogP contribution in [0.3, 0.4) is 0 Å². The van der Waals surface area contributed by atoms with Crippen molar-refractivity contribution >= 4 is 12.6 Å². The third-order valence-corrected chi connectivity index (χ3v) is 3.21. The lowest BCUT2D eigenvalue weighted by molar-refractivity contribution is 0.0687. The van der Waals surface area contributed by atoms with Gasteiger partial charge in [-0.3, -0.25) is 0 Å². The van der Waals surface area contributed by atoms with Crippen molar-refractivity contribution in [3.63, 3.8) is 0 Å². The van der Waals surface area contributed by atoms with Gasteiger partial charge in [0.15, 0.2) is 5.82 Å². The number of hydrogen-bond donors (Lipinski definition) is 1. The Balaban J connectivity index is 2.17. The van der Waals surface area contributed by atoms with Crippen molar-refractivity contribution < 1.29 is 14.4 Å². The highest BCUT2D eigenvalue weighted by atomic mass is 16.7. The van der Waals surface area contributed by atoms with Crippen LogP contribution in [0, 0.1) is 0 Å². The summed E-state index contributed by atoms with van der Waals surface area (Å²) in [5.41, 5.74) is -0.595. The predicted octanol–water partition coefficient (Wildman–Crippen LogP) is 0.613. The molecule has 1 aliphatic heterocycles. The lowest BCUT2D eigenvalue weighted by Gasteiger charge is -2.21. The van der Waals surface area contributed by atoms with E-state index in [9.17, 15) is 5.11 Å². The lowest BCUT2D eigenvalue weighted by atomic mass is 9.81. The predicted molar refractivity (Wildman–Crippen MR) is 68.4 cm³/mol. The fourth-order valence-electron chi connectivity index (χ4n) is 1.67. The largest absolute Gasteiger partial charge is 0.497 e. The number of aliphatic hydroxyl groups is 1. The smallest absolute Gasteiger partial charge is 0.402 e. The summed E-state index contributed by atoms with van der Waals surface area (Å²) in [4.78, 5) is 8.29. The van der Waals surface area contributed by atoms with E-state index in [2.05, 4.69) is 9.97 Å². The molecule has 1 saturated heterocycles. The summed E-state index contributed by atoms with van der Waals surface area (Å²) in [5.74, 6) is 0.386. The summed E-state index contributed by atoms with van der Waals surface area (Å²) in [5, 5.41) is 9.78. The molecule has 1 aromatic heterocycles. The Labute approximate surface area is 108 Å². The number of hydrogen-bond acceptors (Lipinski definition) is 5. The van der Waals surface area contributed by atoms with E-state index in [0.29, 0.717) is 5.82 Å². The summed E-state index contributed by atoms with van der Waals surface area (Å²) in [6.45, 7) is 9.25. The molecule has 2 rings (SSSR count). The first kappa shape index (κ1) is 13.5. The van der Waals surface area contributed by atoms with Crippen LogP contribution in [0.5, 0.6) is 0 Å². The molecule has 1 N–H and O–H groups in total. The van der Waals surface area contributed by atoms with E-state index in [4.69, 9.17) is 9.31 Å². The molecule has 1 unspecified atom stereocenters. The van der Waals surface area contributed by atoms with Gasteiger partial charge in [0.25, 0.3) is 0 Å². The standard InChI is InChI=1S/C12H19BN2O3/c1-8-12(4,5)18-13(17-8)9-6-14-10(15-7-9)11(2,3)16/h6-8,16H,1-5H3. The van der Waals surface area contributed by atoms with Crippen LogP contribution in [0.2, 0.25) is 0 Å². The van der Waals surface area contributed by atoms with Crippen LogP contribution in [0.1, 0.15) is 40.4 Å². The third kappa shape index (κ3) is 2.55. The summed E-state index contributed by atoms with van der Waals surface area (Å²) in [6.07, 6.45) is 3.29. The summed E-state index contributed by atoms with van der Waals surface area (Å²) >= 11 is 0. The maximum absolute atomic E-state index is 9.78. The highest BCUT2D eigenvalue weighted by Gasteiger charge is 2.44. The minimum absolute atomic E-state index is 0.0106. The highest BCUT2D eigenvalue weighted by molar-refractivity contribution is 6.61. The zero-order valence-corrected chi connectivity index (χ0v) is 11.5. The fraction of sp³-hybridized carbons (Fsp3) is 0.667. The van der Waals surface area contributed by atoms with E-state index < -0.39 is 12.7 Å². The molecule has 6 heteroatoms. The van der Waals surface area contributed by atoms with Gasteiger partial charge in [0.2, 0.25) is 0 Å². The maximum atomic E-state index is 9.78. The van der Waals surface area contributed by atoms with Gasteiger partial charge >= 0.3 is 7.12 Å². The molecule has 0 spiro atoms. The van der Waals surface area contributed by atoms with Crippen molar-refractivity contribution in [1.29, 1.82) is 0 Å². The molecule has 5 nitrogen and oxygen atoms in total. The van der Waals surface area contributed by atoms with Gasteiger partial charge in [0, 0.05) is 17.9 Å². The van der Waals surface area contributed by atoms with E-state index in [1.807, 2.05) is 20.8 Å². The van der Waals surface area contributed by atoms with Gasteiger partial charge in [-0.1, -0.05) is 0 Å². The summed E-state index contributed by atoms with van der Waals surface area (Å²) in [7, 11) is -0.439. The normalized spacial score (nSPS) is 23.4. The maximum Gasteiger partial charge on any atom is 0.497 e. The van der Waals surface area contributed by atoms with Crippen molar-refractivity contribution in [2.75, 3.05) is 0 Å². The molecule has 2 heterocycles. The molecule has 18 heavy (non-hydrogen) atoms. The zero-order chi connectivity index (χ0) is 13.6. The van der Waals surface area contributed by atoms with Gasteiger partial charge < -0.3 is 14.4 Å². The minimum Gasteiger partial charge on any atom is -0.402 e. The Morgan fingerprint density at radius 1 is 1.33 bits per heavy atom. The number of nitrogens with zero attached hydrogens (tertiary/aromatic N) is 2. The van der Waals surface area contributed by atoms with E-state index in [0.717, 1.165) is 5.46 Å². The average Bonchev–Trinajstić information content (AvgIpc) is 2.53. The second-order valence-corrected chi connectivity index (χ2v) is 5.73. The van der Waals surface area contributed by atoms with Crippen molar-refractivity contribution in [2.45, 2.75) is 51.9 Å². The molecule has 1 fully saturated rings. The Kier molecular flexibility index (Phi) is 3.21. The Bertz CT molecular complexity index is 428. The van der Waals surface area contributed by atoms with Gasteiger partial charge in [-0.2, -0.15) is 0 Å². The van der Waals surface area contributed by atoms with Crippen molar-refractivity contribution in [3.8, 4) is 0 Å². The average molecular weight is 250 g/mol. The monoisotopic (exact) mass is 250 g/mol. The highest BCUT2D eigenvalue weighted by Crippen LogP contribution is 2.26. The van der Waals surface area contributed by atoms with Crippen molar-refractivity contribution in [2.24, 2.45) is 0 Å². The SMILES string of the molecule is CC1OB(c2cnc(C(C)(C)O)nc2)OC1(C)C. The molecule has 1 aromatic rings. The van der Waals surface area contributed by atoms with E-state index in [-0.39, 0.29) is 11.7 Å². The minimum atomic E-state index is -1.04. The van der Waals surface area contributed by atoms with Gasteiger partial charge in [-0.15, -0.1) is 0 Å². The van der Waals surface area contributed by atoms with Crippen LogP contribution in [0.25, 0.3) is 0 Å². The van der Waals surface area contributed by atoms with Crippen LogP contribution in [0.4, 0.5) is 0 Å². The van der Waals surface area contributed by atoms with Crippen LogP contribution in [0.15, 0.2) is 12.4 Å². The summed E-state index contributed by atoms with van der Waals surface area (Å²) < 4.78 is 11.5. The molecule has 0 aromatic carbocycles. The van der Waals surface area contributed by atoms with E-state index in [1.54, 1.807) is 26.2 Å². The molecule has 1 aliphatic rings. The van der Waals surface area contributed by atoms with Crippen LogP contribution < -0.4 is 5.46 Å². The number of rotatable bonds is 2. The second-order valence-electron chi connectivity index (χ2n) is 5.73. The topological polar surface area (TPSA) is 64.5 Å². The molecule has 0 bridgehead atoms. The van der Waals surface area contributed by atoms with Crippen LogP contribution >= 0.6 is 0 Å². The molecular weight excluding hydrogens is 231 g/mol. The van der Waals surface area contributed by atoms with E-state index in [1.165, 1.54) is 0 Å². The van der Waals surface area contributed by atoms with Crippen LogP contribution in [-0.2, 0) is 14.9 Å². The quantitative estimate of drug-likeness (QED) is 0.779. The molecular formula is C12H19BN2O3. The van der Waals surface area contributed by atoms with Gasteiger partial charge in [-0.25, -0.2) is 9.97 Å². The van der Waals surface area contributed by atoms with E-state index >= 15 is 0 Å². The third-order valence-electron chi connectivity index (χ3n) is 3.21. The lowest BCUT2D eigenvalue weighted by Crippen LogP contribution is -2.36. The van der Waals surface area contributed by atoms with Gasteiger partial charge in [0.05, 0.1) is 11.7 Å². The number of aromatic nitrogens is 2. The fourth-order valence-corrected chi connectivity index (χ4v) is 1.67. The molecule has 98 valence electrons. The van der Waals surface area contributed by atoms with Crippen LogP contribution in [-0.4, -0.2) is 33.9 Å². The van der Waals surface area contributed by atoms with Crippen molar-refractivity contribution in [3.05, 3.63) is 18.2 Å². The zero-order valence-electron chi connectivity index (χ0n) is 11.5. The Morgan fingerprint density at radius 2 is 1.89 bits per heavy atom. The first-order valence-electron chi connectivity index (χ1n) is 6.08. The first-order valence-corrected chi connectivity index (χ1v) is 6.08. The Hall–Kier alpha value is -0.975.